The van der Waals surface area contributed by atoms with E-state index in [0.717, 1.165) is 42.0 Å². The summed E-state index contributed by atoms with van der Waals surface area (Å²) in [5, 5.41) is 0. The first-order chi connectivity index (χ1) is 16.8. The summed E-state index contributed by atoms with van der Waals surface area (Å²) in [6.45, 7) is 0.989. The number of benzene rings is 2. The van der Waals surface area contributed by atoms with Crippen molar-refractivity contribution in [3.63, 3.8) is 0 Å². The maximum Gasteiger partial charge on any atom is 0.151 e. The molecule has 3 aliphatic rings. The van der Waals surface area contributed by atoms with Crippen LogP contribution in [-0.4, -0.2) is 28.0 Å². The van der Waals surface area contributed by atoms with Gasteiger partial charge < -0.3 is 14.1 Å². The Morgan fingerprint density at radius 3 is 2.47 bits per heavy atom. The normalized spacial score (nSPS) is 23.3. The molecule has 0 spiro atoms. The van der Waals surface area contributed by atoms with Gasteiger partial charge in [-0.15, -0.1) is 0 Å². The van der Waals surface area contributed by atoms with Crippen LogP contribution in [0.15, 0.2) is 90.0 Å². The Morgan fingerprint density at radius 1 is 0.824 bits per heavy atom. The van der Waals surface area contributed by atoms with Gasteiger partial charge in [0.1, 0.15) is 0 Å². The average molecular weight is 450 g/mol. The molecule has 34 heavy (non-hydrogen) atoms. The van der Waals surface area contributed by atoms with Crippen molar-refractivity contribution in [2.24, 2.45) is 0 Å². The van der Waals surface area contributed by atoms with Crippen LogP contribution in [0.4, 0.5) is 11.4 Å². The summed E-state index contributed by atoms with van der Waals surface area (Å²) in [5.74, 6) is 1.86. The lowest BCUT2D eigenvalue weighted by Crippen LogP contribution is -2.49. The molecular formula is C29H27N3O2. The molecule has 0 saturated carbocycles. The molecule has 2 aromatic carbocycles. The molecule has 3 atom stereocenters. The second kappa shape index (κ2) is 8.03. The van der Waals surface area contributed by atoms with Crippen LogP contribution in [0.3, 0.4) is 0 Å². The van der Waals surface area contributed by atoms with E-state index in [9.17, 15) is 0 Å². The number of anilines is 2. The molecule has 0 radical (unpaired) electrons. The second-order valence-corrected chi connectivity index (χ2v) is 9.68. The van der Waals surface area contributed by atoms with Crippen LogP contribution in [0.1, 0.15) is 31.2 Å². The Bertz CT molecular complexity index is 1290. The van der Waals surface area contributed by atoms with E-state index in [1.807, 2.05) is 24.7 Å². The minimum Gasteiger partial charge on any atom is -0.472 e. The van der Waals surface area contributed by atoms with E-state index >= 15 is 0 Å². The van der Waals surface area contributed by atoms with Gasteiger partial charge in [0.15, 0.2) is 11.5 Å². The van der Waals surface area contributed by atoms with Crippen LogP contribution in [-0.2, 0) is 6.54 Å². The highest BCUT2D eigenvalue weighted by Gasteiger charge is 2.44. The topological polar surface area (TPSA) is 41.7 Å². The maximum absolute atomic E-state index is 6.44. The van der Waals surface area contributed by atoms with Crippen molar-refractivity contribution < 1.29 is 9.15 Å². The van der Waals surface area contributed by atoms with Crippen molar-refractivity contribution in [2.75, 3.05) is 4.90 Å². The number of piperidine rings is 1. The van der Waals surface area contributed by atoms with E-state index in [4.69, 9.17) is 9.15 Å². The van der Waals surface area contributed by atoms with Crippen molar-refractivity contribution in [1.29, 1.82) is 0 Å². The van der Waals surface area contributed by atoms with Crippen molar-refractivity contribution in [2.45, 2.75) is 50.4 Å². The van der Waals surface area contributed by atoms with Gasteiger partial charge >= 0.3 is 0 Å². The SMILES string of the molecule is c1cncc(-c2ccc3c(c2)Oc2ccccc2N3[C@H]2C[C@H]3CC[C@@H](C2)N3Cc2ccoc2)c1. The monoisotopic (exact) mass is 449 g/mol. The molecule has 0 unspecified atom stereocenters. The molecule has 0 aliphatic carbocycles. The number of aromatic nitrogens is 1. The Kier molecular flexibility index (Phi) is 4.69. The Hall–Kier alpha value is -3.57. The van der Waals surface area contributed by atoms with Crippen LogP contribution >= 0.6 is 0 Å². The van der Waals surface area contributed by atoms with Crippen LogP contribution in [0.5, 0.6) is 11.5 Å². The Balaban J connectivity index is 1.23. The second-order valence-electron chi connectivity index (χ2n) is 9.68. The molecule has 2 fully saturated rings. The summed E-state index contributed by atoms with van der Waals surface area (Å²) in [7, 11) is 0. The van der Waals surface area contributed by atoms with E-state index in [-0.39, 0.29) is 0 Å². The van der Waals surface area contributed by atoms with Crippen LogP contribution in [0.2, 0.25) is 0 Å². The smallest absolute Gasteiger partial charge is 0.151 e. The fraction of sp³-hybridized carbons (Fsp3) is 0.276. The number of hydrogen-bond acceptors (Lipinski definition) is 5. The van der Waals surface area contributed by atoms with Crippen LogP contribution in [0, 0.1) is 0 Å². The van der Waals surface area contributed by atoms with Gasteiger partial charge in [0, 0.05) is 48.2 Å². The van der Waals surface area contributed by atoms with Crippen molar-refractivity contribution in [3.8, 4) is 22.6 Å². The number of rotatable bonds is 4. The molecule has 3 aliphatic heterocycles. The molecule has 5 nitrogen and oxygen atoms in total. The summed E-state index contributed by atoms with van der Waals surface area (Å²) < 4.78 is 11.8. The fourth-order valence-corrected chi connectivity index (χ4v) is 6.20. The van der Waals surface area contributed by atoms with E-state index in [1.165, 1.54) is 29.8 Å². The lowest BCUT2D eigenvalue weighted by atomic mass is 9.93. The highest BCUT2D eigenvalue weighted by molar-refractivity contribution is 5.81. The van der Waals surface area contributed by atoms with Gasteiger partial charge in [0.05, 0.1) is 23.9 Å². The van der Waals surface area contributed by atoms with Gasteiger partial charge in [-0.2, -0.15) is 0 Å². The summed E-state index contributed by atoms with van der Waals surface area (Å²) in [4.78, 5) is 9.56. The van der Waals surface area contributed by atoms with Crippen LogP contribution < -0.4 is 9.64 Å². The summed E-state index contributed by atoms with van der Waals surface area (Å²) in [6.07, 6.45) is 12.3. The predicted molar refractivity (Wildman–Crippen MR) is 132 cm³/mol. The van der Waals surface area contributed by atoms with E-state index in [0.29, 0.717) is 18.1 Å². The first kappa shape index (κ1) is 19.9. The van der Waals surface area contributed by atoms with Crippen molar-refractivity contribution in [3.05, 3.63) is 91.1 Å². The van der Waals surface area contributed by atoms with Gasteiger partial charge in [-0.3, -0.25) is 9.88 Å². The zero-order valence-corrected chi connectivity index (χ0v) is 19.0. The molecule has 4 aromatic rings. The fourth-order valence-electron chi connectivity index (χ4n) is 6.20. The number of pyridine rings is 1. The quantitative estimate of drug-likeness (QED) is 0.343. The third-order valence-corrected chi connectivity index (χ3v) is 7.73. The third kappa shape index (κ3) is 3.31. The van der Waals surface area contributed by atoms with E-state index in [1.54, 1.807) is 6.26 Å². The molecule has 2 aromatic heterocycles. The number of furan rings is 1. The minimum atomic E-state index is 0.450. The molecule has 0 amide bonds. The van der Waals surface area contributed by atoms with Gasteiger partial charge in [-0.05, 0) is 67.6 Å². The molecule has 2 bridgehead atoms. The van der Waals surface area contributed by atoms with Crippen LogP contribution in [0.25, 0.3) is 11.1 Å². The zero-order valence-electron chi connectivity index (χ0n) is 19.0. The van der Waals surface area contributed by atoms with Gasteiger partial charge in [0.2, 0.25) is 0 Å². The number of hydrogen-bond donors (Lipinski definition) is 0. The molecule has 5 heteroatoms. The first-order valence-corrected chi connectivity index (χ1v) is 12.2. The molecule has 2 saturated heterocycles. The number of nitrogens with zero attached hydrogens (tertiary/aromatic N) is 3. The number of ether oxygens (including phenoxy) is 1. The van der Waals surface area contributed by atoms with Crippen molar-refractivity contribution in [1.82, 2.24) is 9.88 Å². The molecule has 0 N–H and O–H groups in total. The summed E-state index contributed by atoms with van der Waals surface area (Å²) in [5.41, 5.74) is 5.85. The molecular weight excluding hydrogens is 422 g/mol. The standard InChI is InChI=1S/C29H27N3O2/c1-2-6-28-26(5-1)32(27-10-7-21(14-29(27)34-28)22-4-3-12-30-17-22)25-15-23-8-9-24(16-25)31(23)18-20-11-13-33-19-20/h1-7,10-14,17,19,23-25H,8-9,15-16,18H2/t23-,24+,25+. The van der Waals surface area contributed by atoms with E-state index in [2.05, 4.69) is 69.4 Å². The predicted octanol–water partition coefficient (Wildman–Crippen LogP) is 6.78. The van der Waals surface area contributed by atoms with E-state index < -0.39 is 0 Å². The number of fused-ring (bicyclic) bond motifs is 4. The average Bonchev–Trinajstić information content (AvgIpc) is 3.47. The van der Waals surface area contributed by atoms with Gasteiger partial charge in [-0.25, -0.2) is 0 Å². The largest absolute Gasteiger partial charge is 0.472 e. The highest BCUT2D eigenvalue weighted by atomic mass is 16.5. The summed E-state index contributed by atoms with van der Waals surface area (Å²) in [6, 6.07) is 22.9. The Labute approximate surface area is 199 Å². The zero-order chi connectivity index (χ0) is 22.5. The van der Waals surface area contributed by atoms with Gasteiger partial charge in [0.25, 0.3) is 0 Å². The molecule has 170 valence electrons. The first-order valence-electron chi connectivity index (χ1n) is 12.2. The maximum atomic E-state index is 6.44. The number of para-hydroxylation sites is 2. The lowest BCUT2D eigenvalue weighted by molar-refractivity contribution is 0.119. The highest BCUT2D eigenvalue weighted by Crippen LogP contribution is 2.51. The lowest BCUT2D eigenvalue weighted by Gasteiger charge is -2.46. The Morgan fingerprint density at radius 2 is 1.68 bits per heavy atom. The summed E-state index contributed by atoms with van der Waals surface area (Å²) >= 11 is 0. The minimum absolute atomic E-state index is 0.450. The molecule has 7 rings (SSSR count). The van der Waals surface area contributed by atoms with Crippen molar-refractivity contribution >= 4 is 11.4 Å². The third-order valence-electron chi connectivity index (χ3n) is 7.73. The van der Waals surface area contributed by atoms with Gasteiger partial charge in [-0.1, -0.05) is 24.3 Å². The molecule has 5 heterocycles.